The molecule has 0 aliphatic rings. The summed E-state index contributed by atoms with van der Waals surface area (Å²) in [6.45, 7) is 0.346. The first-order chi connectivity index (χ1) is 12.6. The summed E-state index contributed by atoms with van der Waals surface area (Å²) >= 11 is 11.8. The monoisotopic (exact) mass is 391 g/mol. The number of rotatable bonds is 6. The van der Waals surface area contributed by atoms with Crippen molar-refractivity contribution in [1.29, 1.82) is 0 Å². The second-order valence-electron chi connectivity index (χ2n) is 5.38. The van der Waals surface area contributed by atoms with Gasteiger partial charge in [-0.25, -0.2) is 0 Å². The molecule has 134 valence electrons. The minimum Gasteiger partial charge on any atom is -0.497 e. The highest BCUT2D eigenvalue weighted by atomic mass is 35.5. The fourth-order valence-electron chi connectivity index (χ4n) is 2.26. The van der Waals surface area contributed by atoms with Crippen molar-refractivity contribution in [2.24, 2.45) is 0 Å². The van der Waals surface area contributed by atoms with Gasteiger partial charge in [-0.3, -0.25) is 4.79 Å². The Bertz CT molecular complexity index is 928. The summed E-state index contributed by atoms with van der Waals surface area (Å²) in [5, 5.41) is 7.46. The molecule has 0 spiro atoms. The topological polar surface area (TPSA) is 77.3 Å². The highest BCUT2D eigenvalue weighted by molar-refractivity contribution is 6.42. The predicted octanol–water partition coefficient (Wildman–Crippen LogP) is 4.02. The van der Waals surface area contributed by atoms with E-state index in [0.717, 1.165) is 5.56 Å². The zero-order valence-electron chi connectivity index (χ0n) is 13.8. The molecule has 0 saturated heterocycles. The number of nitrogens with zero attached hydrogens (tertiary/aromatic N) is 2. The van der Waals surface area contributed by atoms with Crippen molar-refractivity contribution in [3.05, 3.63) is 64.0 Å². The van der Waals surface area contributed by atoms with Gasteiger partial charge in [0.25, 0.3) is 5.91 Å². The van der Waals surface area contributed by atoms with E-state index in [1.54, 1.807) is 19.2 Å². The van der Waals surface area contributed by atoms with Gasteiger partial charge in [0.2, 0.25) is 11.7 Å². The summed E-state index contributed by atoms with van der Waals surface area (Å²) in [6.07, 6.45) is 0.407. The molecule has 1 amide bonds. The van der Waals surface area contributed by atoms with E-state index in [2.05, 4.69) is 15.5 Å². The number of methoxy groups -OCH3 is 1. The molecule has 3 rings (SSSR count). The van der Waals surface area contributed by atoms with E-state index in [0.29, 0.717) is 46.0 Å². The molecule has 8 heteroatoms. The number of carbonyl (C=O) groups is 1. The predicted molar refractivity (Wildman–Crippen MR) is 98.8 cm³/mol. The first-order valence-corrected chi connectivity index (χ1v) is 8.52. The summed E-state index contributed by atoms with van der Waals surface area (Å²) in [7, 11) is 1.59. The molecule has 6 nitrogen and oxygen atoms in total. The van der Waals surface area contributed by atoms with Gasteiger partial charge in [-0.1, -0.05) is 40.5 Å². The highest BCUT2D eigenvalue weighted by Gasteiger charge is 2.11. The van der Waals surface area contributed by atoms with Crippen LogP contribution in [0.2, 0.25) is 10.0 Å². The van der Waals surface area contributed by atoms with Crippen LogP contribution < -0.4 is 10.1 Å². The van der Waals surface area contributed by atoms with Crippen LogP contribution in [0, 0.1) is 0 Å². The molecule has 26 heavy (non-hydrogen) atoms. The van der Waals surface area contributed by atoms with Crippen molar-refractivity contribution in [1.82, 2.24) is 15.5 Å². The third kappa shape index (κ3) is 4.33. The van der Waals surface area contributed by atoms with E-state index in [-0.39, 0.29) is 5.91 Å². The Morgan fingerprint density at radius 3 is 2.81 bits per heavy atom. The van der Waals surface area contributed by atoms with Crippen LogP contribution in [0.15, 0.2) is 47.0 Å². The number of ether oxygens (including phenoxy) is 1. The lowest BCUT2D eigenvalue weighted by Gasteiger charge is -2.04. The Kier molecular flexibility index (Phi) is 5.75. The van der Waals surface area contributed by atoms with Gasteiger partial charge in [-0.2, -0.15) is 4.98 Å². The standard InChI is InChI=1S/C18H15Cl2N3O3/c1-25-13-4-2-3-11(9-13)17-22-16(26-23-17)7-8-21-18(24)12-5-6-14(19)15(20)10-12/h2-6,9-10H,7-8H2,1H3,(H,21,24). The molecule has 3 aromatic rings. The van der Waals surface area contributed by atoms with Crippen LogP contribution in [0.3, 0.4) is 0 Å². The normalized spacial score (nSPS) is 10.6. The molecule has 1 N–H and O–H groups in total. The van der Waals surface area contributed by atoms with Crippen LogP contribution in [0.25, 0.3) is 11.4 Å². The molecule has 0 atom stereocenters. The number of hydrogen-bond acceptors (Lipinski definition) is 5. The van der Waals surface area contributed by atoms with Crippen LogP contribution in [0.5, 0.6) is 5.75 Å². The molecule has 0 unspecified atom stereocenters. The van der Waals surface area contributed by atoms with Gasteiger partial charge in [-0.15, -0.1) is 0 Å². The Balaban J connectivity index is 1.58. The van der Waals surface area contributed by atoms with Crippen LogP contribution in [0.1, 0.15) is 16.2 Å². The largest absolute Gasteiger partial charge is 0.497 e. The number of hydrogen-bond donors (Lipinski definition) is 1. The maximum Gasteiger partial charge on any atom is 0.251 e. The fraction of sp³-hybridized carbons (Fsp3) is 0.167. The lowest BCUT2D eigenvalue weighted by atomic mass is 10.2. The molecular weight excluding hydrogens is 377 g/mol. The molecule has 0 bridgehead atoms. The van der Waals surface area contributed by atoms with E-state index >= 15 is 0 Å². The van der Waals surface area contributed by atoms with Crippen molar-refractivity contribution in [3.63, 3.8) is 0 Å². The summed E-state index contributed by atoms with van der Waals surface area (Å²) < 4.78 is 10.4. The smallest absolute Gasteiger partial charge is 0.251 e. The fourth-order valence-corrected chi connectivity index (χ4v) is 2.56. The van der Waals surface area contributed by atoms with E-state index in [1.807, 2.05) is 24.3 Å². The number of halogens is 2. The summed E-state index contributed by atoms with van der Waals surface area (Å²) in [5.74, 6) is 1.35. The van der Waals surface area contributed by atoms with Gasteiger partial charge < -0.3 is 14.6 Å². The van der Waals surface area contributed by atoms with Gasteiger partial charge in [-0.05, 0) is 30.3 Å². The molecular formula is C18H15Cl2N3O3. The van der Waals surface area contributed by atoms with Crippen LogP contribution in [-0.2, 0) is 6.42 Å². The third-order valence-corrected chi connectivity index (χ3v) is 4.34. The Morgan fingerprint density at radius 2 is 2.04 bits per heavy atom. The molecule has 2 aromatic carbocycles. The Morgan fingerprint density at radius 1 is 1.19 bits per heavy atom. The Labute approximate surface area is 160 Å². The van der Waals surface area contributed by atoms with Crippen molar-refractivity contribution in [2.45, 2.75) is 6.42 Å². The van der Waals surface area contributed by atoms with Gasteiger partial charge >= 0.3 is 0 Å². The molecule has 0 saturated carbocycles. The summed E-state index contributed by atoms with van der Waals surface area (Å²) in [6, 6.07) is 12.1. The maximum absolute atomic E-state index is 12.1. The average molecular weight is 392 g/mol. The van der Waals surface area contributed by atoms with Gasteiger partial charge in [0.1, 0.15) is 5.75 Å². The number of benzene rings is 2. The van der Waals surface area contributed by atoms with E-state index in [1.165, 1.54) is 6.07 Å². The molecule has 0 fully saturated rings. The van der Waals surface area contributed by atoms with E-state index in [9.17, 15) is 4.79 Å². The first-order valence-electron chi connectivity index (χ1n) is 7.77. The van der Waals surface area contributed by atoms with E-state index in [4.69, 9.17) is 32.5 Å². The van der Waals surface area contributed by atoms with Crippen LogP contribution in [0.4, 0.5) is 0 Å². The minimum atomic E-state index is -0.254. The maximum atomic E-state index is 12.1. The van der Waals surface area contributed by atoms with E-state index < -0.39 is 0 Å². The molecule has 1 heterocycles. The highest BCUT2D eigenvalue weighted by Crippen LogP contribution is 2.23. The zero-order chi connectivity index (χ0) is 18.5. The van der Waals surface area contributed by atoms with Crippen molar-refractivity contribution in [3.8, 4) is 17.1 Å². The first kappa shape index (κ1) is 18.2. The second-order valence-corrected chi connectivity index (χ2v) is 6.19. The number of amides is 1. The third-order valence-electron chi connectivity index (χ3n) is 3.60. The van der Waals surface area contributed by atoms with Gasteiger partial charge in [0.05, 0.1) is 17.2 Å². The Hall–Kier alpha value is -2.57. The van der Waals surface area contributed by atoms with Crippen molar-refractivity contribution in [2.75, 3.05) is 13.7 Å². The minimum absolute atomic E-state index is 0.254. The number of aromatic nitrogens is 2. The van der Waals surface area contributed by atoms with Crippen molar-refractivity contribution >= 4 is 29.1 Å². The van der Waals surface area contributed by atoms with Gasteiger partial charge in [0, 0.05) is 24.1 Å². The molecule has 0 aliphatic carbocycles. The lowest BCUT2D eigenvalue weighted by molar-refractivity contribution is 0.0953. The second kappa shape index (κ2) is 8.21. The van der Waals surface area contributed by atoms with Crippen molar-refractivity contribution < 1.29 is 14.1 Å². The SMILES string of the molecule is COc1cccc(-c2noc(CCNC(=O)c3ccc(Cl)c(Cl)c3)n2)c1. The molecule has 0 aliphatic heterocycles. The van der Waals surface area contributed by atoms with Gasteiger partial charge in [0.15, 0.2) is 0 Å². The molecule has 0 radical (unpaired) electrons. The molecule has 1 aromatic heterocycles. The average Bonchev–Trinajstić information content (AvgIpc) is 3.13. The summed E-state index contributed by atoms with van der Waals surface area (Å²) in [5.41, 5.74) is 1.22. The quantitative estimate of drug-likeness (QED) is 0.686. The lowest BCUT2D eigenvalue weighted by Crippen LogP contribution is -2.25. The summed E-state index contributed by atoms with van der Waals surface area (Å²) in [4.78, 5) is 16.4. The zero-order valence-corrected chi connectivity index (χ0v) is 15.3. The van der Waals surface area contributed by atoms with Crippen LogP contribution in [-0.4, -0.2) is 29.7 Å². The number of carbonyl (C=O) groups excluding carboxylic acids is 1. The van der Waals surface area contributed by atoms with Crippen LogP contribution >= 0.6 is 23.2 Å². The number of nitrogens with one attached hydrogen (secondary N) is 1.